The van der Waals surface area contributed by atoms with Gasteiger partial charge >= 0.3 is 0 Å². The summed E-state index contributed by atoms with van der Waals surface area (Å²) in [6.45, 7) is 1.38. The molecule has 2 aromatic rings. The molecule has 122 valence electrons. The Hall–Kier alpha value is -2.87. The minimum Gasteiger partial charge on any atom is -0.457 e. The number of piperidine rings is 1. The number of carbonyl (C=O) groups excluding carboxylic acids is 1. The molecule has 0 aliphatic carbocycles. The number of nitriles is 1. The van der Waals surface area contributed by atoms with Gasteiger partial charge in [0.05, 0.1) is 0 Å². The van der Waals surface area contributed by atoms with Gasteiger partial charge in [0.2, 0.25) is 0 Å². The lowest BCUT2D eigenvalue weighted by molar-refractivity contribution is -0.127. The van der Waals surface area contributed by atoms with E-state index in [1.807, 2.05) is 6.07 Å². The van der Waals surface area contributed by atoms with E-state index in [0.29, 0.717) is 24.6 Å². The average molecular weight is 324 g/mol. The van der Waals surface area contributed by atoms with E-state index < -0.39 is 0 Å². The van der Waals surface area contributed by atoms with Crippen LogP contribution in [0.25, 0.3) is 17.4 Å². The molecule has 0 saturated carbocycles. The summed E-state index contributed by atoms with van der Waals surface area (Å²) in [5.41, 5.74) is 0.800. The fourth-order valence-corrected chi connectivity index (χ4v) is 2.75. The van der Waals surface area contributed by atoms with Gasteiger partial charge in [-0.05, 0) is 55.7 Å². The number of likely N-dealkylation sites (tertiary alicyclic amines) is 1. The third-order valence-electron chi connectivity index (χ3n) is 4.04. The molecule has 0 N–H and O–H groups in total. The molecule has 24 heavy (non-hydrogen) atoms. The van der Waals surface area contributed by atoms with Crippen LogP contribution in [-0.2, 0) is 4.79 Å². The highest BCUT2D eigenvalue weighted by Crippen LogP contribution is 2.24. The Morgan fingerprint density at radius 3 is 2.50 bits per heavy atom. The van der Waals surface area contributed by atoms with Gasteiger partial charge in [-0.15, -0.1) is 0 Å². The van der Waals surface area contributed by atoms with E-state index in [9.17, 15) is 14.4 Å². The summed E-state index contributed by atoms with van der Waals surface area (Å²) in [6, 6.07) is 11.3. The fraction of sp³-hybridized carbons (Fsp3) is 0.263. The zero-order valence-electron chi connectivity index (χ0n) is 13.2. The number of nitrogens with zero attached hydrogens (tertiary/aromatic N) is 2. The molecule has 2 heterocycles. The van der Waals surface area contributed by atoms with E-state index in [1.54, 1.807) is 29.2 Å². The van der Waals surface area contributed by atoms with Crippen LogP contribution in [0.3, 0.4) is 0 Å². The minimum atomic E-state index is -0.315. The lowest BCUT2D eigenvalue weighted by Crippen LogP contribution is -2.36. The molecule has 1 aliphatic rings. The first-order valence-electron chi connectivity index (χ1n) is 7.94. The largest absolute Gasteiger partial charge is 0.457 e. The van der Waals surface area contributed by atoms with Crippen molar-refractivity contribution in [2.45, 2.75) is 19.3 Å². The number of rotatable bonds is 3. The fourth-order valence-electron chi connectivity index (χ4n) is 2.75. The SMILES string of the molecule is N#CC(=Cc1ccc(-c2ccc(F)cc2)o1)C(=O)N1CCCCC1. The van der Waals surface area contributed by atoms with E-state index in [0.717, 1.165) is 24.8 Å². The van der Waals surface area contributed by atoms with Gasteiger partial charge in [-0.1, -0.05) is 0 Å². The van der Waals surface area contributed by atoms with Crippen LogP contribution in [0.4, 0.5) is 4.39 Å². The Kier molecular flexibility index (Phi) is 4.76. The van der Waals surface area contributed by atoms with Crippen molar-refractivity contribution in [3.63, 3.8) is 0 Å². The Bertz CT molecular complexity index is 794. The molecule has 0 spiro atoms. The van der Waals surface area contributed by atoms with Crippen molar-refractivity contribution in [1.29, 1.82) is 5.26 Å². The third-order valence-corrected chi connectivity index (χ3v) is 4.04. The molecule has 1 amide bonds. The second-order valence-electron chi connectivity index (χ2n) is 5.73. The van der Waals surface area contributed by atoms with Gasteiger partial charge in [0.15, 0.2) is 0 Å². The van der Waals surface area contributed by atoms with Crippen LogP contribution in [-0.4, -0.2) is 23.9 Å². The standard InChI is InChI=1S/C19H17FN2O2/c20-16-6-4-14(5-7-16)18-9-8-17(24-18)12-15(13-21)19(23)22-10-2-1-3-11-22/h4-9,12H,1-3,10-11H2. The summed E-state index contributed by atoms with van der Waals surface area (Å²) in [4.78, 5) is 14.1. The first kappa shape index (κ1) is 16.0. The summed E-state index contributed by atoms with van der Waals surface area (Å²) in [6.07, 6.45) is 4.53. The Balaban J connectivity index is 1.80. The van der Waals surface area contributed by atoms with Gasteiger partial charge in [-0.2, -0.15) is 5.26 Å². The van der Waals surface area contributed by atoms with Crippen LogP contribution in [0.5, 0.6) is 0 Å². The van der Waals surface area contributed by atoms with Gasteiger partial charge < -0.3 is 9.32 Å². The van der Waals surface area contributed by atoms with E-state index in [4.69, 9.17) is 4.42 Å². The molecule has 4 nitrogen and oxygen atoms in total. The predicted molar refractivity (Wildman–Crippen MR) is 88.1 cm³/mol. The molecule has 1 aliphatic heterocycles. The molecule has 3 rings (SSSR count). The smallest absolute Gasteiger partial charge is 0.264 e. The lowest BCUT2D eigenvalue weighted by Gasteiger charge is -2.26. The van der Waals surface area contributed by atoms with Crippen molar-refractivity contribution in [2.75, 3.05) is 13.1 Å². The van der Waals surface area contributed by atoms with Gasteiger partial charge in [-0.3, -0.25) is 4.79 Å². The van der Waals surface area contributed by atoms with E-state index in [1.165, 1.54) is 18.2 Å². The van der Waals surface area contributed by atoms with Crippen LogP contribution in [0.15, 0.2) is 46.4 Å². The number of halogens is 1. The van der Waals surface area contributed by atoms with Crippen molar-refractivity contribution in [3.8, 4) is 17.4 Å². The number of benzene rings is 1. The molecule has 1 fully saturated rings. The zero-order valence-corrected chi connectivity index (χ0v) is 13.2. The van der Waals surface area contributed by atoms with Crippen molar-refractivity contribution in [1.82, 2.24) is 4.90 Å². The number of carbonyl (C=O) groups is 1. The Labute approximate surface area is 139 Å². The normalized spacial score (nSPS) is 15.2. The molecule has 0 radical (unpaired) electrons. The number of furan rings is 1. The summed E-state index contributed by atoms with van der Waals surface area (Å²) < 4.78 is 18.6. The van der Waals surface area contributed by atoms with Crippen molar-refractivity contribution < 1.29 is 13.6 Å². The predicted octanol–water partition coefficient (Wildman–Crippen LogP) is 4.01. The lowest BCUT2D eigenvalue weighted by atomic mass is 10.1. The highest BCUT2D eigenvalue weighted by atomic mass is 19.1. The molecule has 1 aromatic carbocycles. The molecule has 1 saturated heterocycles. The van der Waals surface area contributed by atoms with Crippen molar-refractivity contribution in [2.24, 2.45) is 0 Å². The Morgan fingerprint density at radius 2 is 1.83 bits per heavy atom. The van der Waals surface area contributed by atoms with Crippen LogP contribution in [0.1, 0.15) is 25.0 Å². The summed E-state index contributed by atoms with van der Waals surface area (Å²) in [5, 5.41) is 9.29. The maximum absolute atomic E-state index is 13.0. The molecule has 0 atom stereocenters. The maximum Gasteiger partial charge on any atom is 0.264 e. The van der Waals surface area contributed by atoms with Crippen molar-refractivity contribution >= 4 is 12.0 Å². The molecule has 5 heteroatoms. The third kappa shape index (κ3) is 3.54. The van der Waals surface area contributed by atoms with E-state index in [-0.39, 0.29) is 17.3 Å². The van der Waals surface area contributed by atoms with Crippen LogP contribution in [0, 0.1) is 17.1 Å². The molecule has 1 aromatic heterocycles. The van der Waals surface area contributed by atoms with Crippen LogP contribution < -0.4 is 0 Å². The summed E-state index contributed by atoms with van der Waals surface area (Å²) >= 11 is 0. The van der Waals surface area contributed by atoms with Crippen LogP contribution in [0.2, 0.25) is 0 Å². The van der Waals surface area contributed by atoms with Gasteiger partial charge in [-0.25, -0.2) is 4.39 Å². The summed E-state index contributed by atoms with van der Waals surface area (Å²) in [7, 11) is 0. The van der Waals surface area contributed by atoms with E-state index >= 15 is 0 Å². The van der Waals surface area contributed by atoms with Gasteiger partial charge in [0.1, 0.15) is 29.0 Å². The minimum absolute atomic E-state index is 0.0666. The molecular weight excluding hydrogens is 307 g/mol. The molecule has 0 bridgehead atoms. The molecular formula is C19H17FN2O2. The number of hydrogen-bond donors (Lipinski definition) is 0. The maximum atomic E-state index is 13.0. The average Bonchev–Trinajstić information content (AvgIpc) is 3.09. The number of amides is 1. The number of hydrogen-bond acceptors (Lipinski definition) is 3. The first-order valence-corrected chi connectivity index (χ1v) is 7.94. The van der Waals surface area contributed by atoms with Gasteiger partial charge in [0, 0.05) is 24.7 Å². The highest BCUT2D eigenvalue weighted by Gasteiger charge is 2.20. The summed E-state index contributed by atoms with van der Waals surface area (Å²) in [5.74, 6) is 0.418. The second kappa shape index (κ2) is 7.14. The highest BCUT2D eigenvalue weighted by molar-refractivity contribution is 6.01. The Morgan fingerprint density at radius 1 is 1.12 bits per heavy atom. The zero-order chi connectivity index (χ0) is 16.9. The van der Waals surface area contributed by atoms with E-state index in [2.05, 4.69) is 0 Å². The molecule has 0 unspecified atom stereocenters. The van der Waals surface area contributed by atoms with Gasteiger partial charge in [0.25, 0.3) is 5.91 Å². The van der Waals surface area contributed by atoms with Crippen molar-refractivity contribution in [3.05, 3.63) is 53.5 Å². The monoisotopic (exact) mass is 324 g/mol. The topological polar surface area (TPSA) is 57.2 Å². The second-order valence-corrected chi connectivity index (χ2v) is 5.73. The quantitative estimate of drug-likeness (QED) is 0.633. The van der Waals surface area contributed by atoms with Crippen LogP contribution >= 0.6 is 0 Å². The first-order chi connectivity index (χ1) is 11.7.